The number of carbonyl (C=O) groups excluding carboxylic acids is 6. The summed E-state index contributed by atoms with van der Waals surface area (Å²) in [5, 5.41) is 11.1. The zero-order chi connectivity index (χ0) is 41.6. The Balaban J connectivity index is 0.000000599. The molecule has 0 bridgehead atoms. The van der Waals surface area contributed by atoms with Crippen molar-refractivity contribution < 1.29 is 28.8 Å². The minimum Gasteiger partial charge on any atom is -0.348 e. The molecule has 4 rings (SSSR count). The SMILES string of the molecule is CC.CC.CC(NC(=O)c1cnccn1)C1CCCCC1.CC[C@@H](C)CN(CC(=O)NC(CC1CC1)C(=O)C(=O)NC1CC1)C(=O)[C@@H](NC=O)C(C)(C)CC. The Labute approximate surface area is 331 Å². The van der Waals surface area contributed by atoms with Crippen molar-refractivity contribution in [1.82, 2.24) is 36.1 Å². The van der Waals surface area contributed by atoms with Crippen LogP contribution in [0.2, 0.25) is 0 Å². The smallest absolute Gasteiger partial charge is 0.289 e. The monoisotopic (exact) mass is 772 g/mol. The first-order valence-corrected chi connectivity index (χ1v) is 21.0. The van der Waals surface area contributed by atoms with Gasteiger partial charge in [-0.3, -0.25) is 33.8 Å². The molecule has 4 atom stereocenters. The quantitative estimate of drug-likeness (QED) is 0.101. The van der Waals surface area contributed by atoms with Crippen LogP contribution in [0.1, 0.15) is 157 Å². The molecule has 3 aliphatic rings. The first-order valence-electron chi connectivity index (χ1n) is 21.0. The van der Waals surface area contributed by atoms with Crippen LogP contribution >= 0.6 is 0 Å². The number of nitrogens with one attached hydrogen (secondary N) is 4. The van der Waals surface area contributed by atoms with Gasteiger partial charge in [-0.05, 0) is 68.6 Å². The van der Waals surface area contributed by atoms with Crippen molar-refractivity contribution in [2.75, 3.05) is 13.1 Å². The van der Waals surface area contributed by atoms with E-state index in [1.807, 2.05) is 62.3 Å². The molecule has 2 unspecified atom stereocenters. The summed E-state index contributed by atoms with van der Waals surface area (Å²) >= 11 is 0. The normalized spacial score (nSPS) is 17.3. The zero-order valence-corrected chi connectivity index (χ0v) is 35.5. The van der Waals surface area contributed by atoms with Crippen LogP contribution in [0, 0.1) is 23.2 Å². The lowest BCUT2D eigenvalue weighted by molar-refractivity contribution is -0.143. The van der Waals surface area contributed by atoms with Gasteiger partial charge in [-0.25, -0.2) is 4.98 Å². The van der Waals surface area contributed by atoms with E-state index < -0.39 is 35.1 Å². The second-order valence-electron chi connectivity index (χ2n) is 15.5. The van der Waals surface area contributed by atoms with Gasteiger partial charge >= 0.3 is 0 Å². The number of aromatic nitrogens is 2. The maximum atomic E-state index is 13.5. The summed E-state index contributed by atoms with van der Waals surface area (Å²) < 4.78 is 0. The Bertz CT molecular complexity index is 1310. The summed E-state index contributed by atoms with van der Waals surface area (Å²) in [7, 11) is 0. The van der Waals surface area contributed by atoms with Gasteiger partial charge in [0.25, 0.3) is 11.8 Å². The standard InChI is InChI=1S/C25H42N4O5.C13H19N3O.2C2H6/c1-6-16(3)13-29(24(34)22(26-15-30)25(4,5)7-2)14-20(31)28-19(12-17-8-9-17)21(32)23(33)27-18-10-11-18;1-10(11-5-3-2-4-6-11)16-13(17)12-9-14-7-8-15-12;2*1-2/h15-19,22H,6-14H2,1-5H3,(H,26,30)(H,27,33)(H,28,31);7-11H,2-6H2,1H3,(H,16,17);2*1-2H3/t16-,19?,22-;;;/m1.../s1. The Kier molecular flexibility index (Phi) is 23.3. The molecule has 0 aliphatic heterocycles. The summed E-state index contributed by atoms with van der Waals surface area (Å²) in [6, 6.07) is -1.39. The van der Waals surface area contributed by atoms with E-state index in [0.29, 0.717) is 43.3 Å². The Hall–Kier alpha value is -3.90. The van der Waals surface area contributed by atoms with Crippen LogP contribution in [-0.2, 0) is 24.0 Å². The van der Waals surface area contributed by atoms with Gasteiger partial charge < -0.3 is 26.2 Å². The Morgan fingerprint density at radius 3 is 2.05 bits per heavy atom. The van der Waals surface area contributed by atoms with Gasteiger partial charge in [0.05, 0.1) is 18.8 Å². The third kappa shape index (κ3) is 18.1. The second kappa shape index (κ2) is 26.0. The van der Waals surface area contributed by atoms with E-state index in [9.17, 15) is 28.8 Å². The van der Waals surface area contributed by atoms with Crippen molar-refractivity contribution in [1.29, 1.82) is 0 Å². The molecule has 0 radical (unpaired) electrons. The van der Waals surface area contributed by atoms with Crippen LogP contribution in [0.3, 0.4) is 0 Å². The van der Waals surface area contributed by atoms with Crippen molar-refractivity contribution >= 4 is 35.8 Å². The summed E-state index contributed by atoms with van der Waals surface area (Å²) in [6.45, 7) is 19.9. The van der Waals surface area contributed by atoms with Gasteiger partial charge in [0.15, 0.2) is 0 Å². The molecule has 3 aliphatic carbocycles. The van der Waals surface area contributed by atoms with Crippen molar-refractivity contribution in [3.8, 4) is 0 Å². The van der Waals surface area contributed by atoms with Crippen molar-refractivity contribution in [3.05, 3.63) is 24.3 Å². The topological polar surface area (TPSA) is 180 Å². The van der Waals surface area contributed by atoms with Crippen LogP contribution in [0.15, 0.2) is 18.6 Å². The maximum Gasteiger partial charge on any atom is 0.289 e. The predicted octanol–water partition coefficient (Wildman–Crippen LogP) is 5.77. The number of rotatable bonds is 19. The molecule has 0 spiro atoms. The summed E-state index contributed by atoms with van der Waals surface area (Å²) in [6.07, 6.45) is 17.1. The molecule has 4 N–H and O–H groups in total. The van der Waals surface area contributed by atoms with Crippen LogP contribution in [0.4, 0.5) is 0 Å². The minimum absolute atomic E-state index is 0.0570. The van der Waals surface area contributed by atoms with Crippen LogP contribution in [0.5, 0.6) is 0 Å². The van der Waals surface area contributed by atoms with Crippen LogP contribution in [-0.4, -0.2) is 87.9 Å². The number of Topliss-reactive ketones (excluding diaryl/α,β-unsaturated/α-hetero) is 1. The van der Waals surface area contributed by atoms with Gasteiger partial charge in [-0.1, -0.05) is 101 Å². The molecule has 5 amide bonds. The van der Waals surface area contributed by atoms with Gasteiger partial charge in [0.2, 0.25) is 24.0 Å². The fraction of sp³-hybridized carbons (Fsp3) is 0.762. The lowest BCUT2D eigenvalue weighted by Crippen LogP contribution is -2.57. The maximum absolute atomic E-state index is 13.5. The van der Waals surface area contributed by atoms with E-state index in [-0.39, 0.29) is 36.4 Å². The molecule has 13 heteroatoms. The van der Waals surface area contributed by atoms with E-state index in [2.05, 4.69) is 38.2 Å². The molecular formula is C42H73N7O6. The van der Waals surface area contributed by atoms with Crippen LogP contribution in [0.25, 0.3) is 0 Å². The van der Waals surface area contributed by atoms with Crippen molar-refractivity contribution in [3.63, 3.8) is 0 Å². The summed E-state index contributed by atoms with van der Waals surface area (Å²) in [5.74, 6) is -1.11. The molecule has 1 aromatic rings. The Morgan fingerprint density at radius 1 is 0.909 bits per heavy atom. The highest BCUT2D eigenvalue weighted by Crippen LogP contribution is 2.34. The molecule has 13 nitrogen and oxygen atoms in total. The summed E-state index contributed by atoms with van der Waals surface area (Å²) in [4.78, 5) is 84.1. The van der Waals surface area contributed by atoms with E-state index in [4.69, 9.17) is 0 Å². The predicted molar refractivity (Wildman–Crippen MR) is 217 cm³/mol. The van der Waals surface area contributed by atoms with Crippen molar-refractivity contribution in [2.45, 2.75) is 170 Å². The van der Waals surface area contributed by atoms with Crippen molar-refractivity contribution in [2.24, 2.45) is 23.2 Å². The van der Waals surface area contributed by atoms with E-state index >= 15 is 0 Å². The largest absolute Gasteiger partial charge is 0.348 e. The number of hydrogen-bond acceptors (Lipinski definition) is 8. The fourth-order valence-corrected chi connectivity index (χ4v) is 6.25. The lowest BCUT2D eigenvalue weighted by atomic mass is 9.81. The van der Waals surface area contributed by atoms with Gasteiger partial charge in [0.1, 0.15) is 11.7 Å². The number of nitrogens with zero attached hydrogens (tertiary/aromatic N) is 3. The summed E-state index contributed by atoms with van der Waals surface area (Å²) in [5.41, 5.74) is -0.108. The van der Waals surface area contributed by atoms with E-state index in [0.717, 1.165) is 32.1 Å². The van der Waals surface area contributed by atoms with Gasteiger partial charge in [0, 0.05) is 31.0 Å². The first kappa shape index (κ1) is 49.1. The third-order valence-electron chi connectivity index (χ3n) is 10.6. The first-order chi connectivity index (χ1) is 26.3. The number of ketones is 1. The highest BCUT2D eigenvalue weighted by molar-refractivity contribution is 6.38. The molecular weight excluding hydrogens is 699 g/mol. The molecule has 1 aromatic heterocycles. The highest BCUT2D eigenvalue weighted by atomic mass is 16.2. The number of amides is 5. The van der Waals surface area contributed by atoms with Gasteiger partial charge in [-0.15, -0.1) is 0 Å². The molecule has 0 saturated heterocycles. The van der Waals surface area contributed by atoms with E-state index in [1.54, 1.807) is 12.4 Å². The average Bonchev–Trinajstić information content (AvgIpc) is 4.16. The number of carbonyl (C=O) groups is 6. The third-order valence-corrected chi connectivity index (χ3v) is 10.6. The highest BCUT2D eigenvalue weighted by Gasteiger charge is 2.39. The fourth-order valence-electron chi connectivity index (χ4n) is 6.25. The average molecular weight is 772 g/mol. The minimum atomic E-state index is -0.893. The lowest BCUT2D eigenvalue weighted by Gasteiger charge is -2.36. The molecule has 1 heterocycles. The number of hydrogen-bond donors (Lipinski definition) is 4. The van der Waals surface area contributed by atoms with E-state index in [1.165, 1.54) is 43.2 Å². The molecule has 0 aromatic carbocycles. The van der Waals surface area contributed by atoms with Gasteiger partial charge in [-0.2, -0.15) is 0 Å². The molecule has 55 heavy (non-hydrogen) atoms. The zero-order valence-electron chi connectivity index (χ0n) is 35.5. The molecule has 3 saturated carbocycles. The van der Waals surface area contributed by atoms with Crippen LogP contribution < -0.4 is 21.3 Å². The molecule has 312 valence electrons. The second-order valence-corrected chi connectivity index (χ2v) is 15.5. The Morgan fingerprint density at radius 2 is 1.55 bits per heavy atom. The molecule has 3 fully saturated rings.